The lowest BCUT2D eigenvalue weighted by molar-refractivity contribution is -0.133. The van der Waals surface area contributed by atoms with Gasteiger partial charge in [-0.05, 0) is 63.3 Å². The van der Waals surface area contributed by atoms with E-state index in [1.807, 2.05) is 36.0 Å². The van der Waals surface area contributed by atoms with Crippen LogP contribution in [0.3, 0.4) is 0 Å². The Kier molecular flexibility index (Phi) is 6.21. The van der Waals surface area contributed by atoms with Crippen molar-refractivity contribution < 1.29 is 14.3 Å². The second kappa shape index (κ2) is 9.19. The Balaban J connectivity index is 1.64. The van der Waals surface area contributed by atoms with Gasteiger partial charge in [0, 0.05) is 37.5 Å². The highest BCUT2D eigenvalue weighted by molar-refractivity contribution is 6.09. The van der Waals surface area contributed by atoms with E-state index in [0.717, 1.165) is 41.4 Å². The van der Waals surface area contributed by atoms with Gasteiger partial charge < -0.3 is 24.1 Å². The average Bonchev–Trinajstić information content (AvgIpc) is 3.57. The van der Waals surface area contributed by atoms with Crippen LogP contribution < -0.4 is 5.32 Å². The van der Waals surface area contributed by atoms with Gasteiger partial charge in [-0.2, -0.15) is 0 Å². The number of rotatable bonds is 7. The second-order valence-electron chi connectivity index (χ2n) is 10.7. The zero-order valence-corrected chi connectivity index (χ0v) is 21.2. The van der Waals surface area contributed by atoms with Crippen LogP contribution in [0.5, 0.6) is 0 Å². The number of hydrogen-bond donors (Lipinski definition) is 1. The zero-order chi connectivity index (χ0) is 24.7. The fourth-order valence-corrected chi connectivity index (χ4v) is 5.46. The molecule has 0 spiro atoms. The van der Waals surface area contributed by atoms with Crippen LogP contribution in [-0.4, -0.2) is 57.2 Å². The molecule has 2 aromatic heterocycles. The molecule has 7 heteroatoms. The molecule has 2 atom stereocenters. The molecule has 2 unspecified atom stereocenters. The first-order valence-corrected chi connectivity index (χ1v) is 12.8. The van der Waals surface area contributed by atoms with Crippen LogP contribution >= 0.6 is 0 Å². The van der Waals surface area contributed by atoms with Crippen LogP contribution in [0.25, 0.3) is 16.6 Å². The van der Waals surface area contributed by atoms with Crippen molar-refractivity contribution in [3.8, 4) is 5.69 Å². The Morgan fingerprint density at radius 2 is 2.03 bits per heavy atom. The van der Waals surface area contributed by atoms with E-state index in [1.165, 1.54) is 0 Å². The molecular formula is C28H36N4O3. The highest BCUT2D eigenvalue weighted by Gasteiger charge is 2.49. The fraction of sp³-hybridized carbons (Fsp3) is 0.500. The minimum atomic E-state index is -1.02. The van der Waals surface area contributed by atoms with Gasteiger partial charge in [-0.15, -0.1) is 0 Å². The number of hydrogen-bond acceptors (Lipinski definition) is 3. The van der Waals surface area contributed by atoms with E-state index < -0.39 is 5.54 Å². The quantitative estimate of drug-likeness (QED) is 0.553. The number of benzene rings is 1. The third kappa shape index (κ3) is 4.16. The van der Waals surface area contributed by atoms with E-state index in [2.05, 4.69) is 48.9 Å². The number of fused-ring (bicyclic) bond motifs is 3. The van der Waals surface area contributed by atoms with Crippen molar-refractivity contribution >= 4 is 22.7 Å². The summed E-state index contributed by atoms with van der Waals surface area (Å²) in [6.07, 6.45) is 6.69. The highest BCUT2D eigenvalue weighted by atomic mass is 16.5. The van der Waals surface area contributed by atoms with Crippen molar-refractivity contribution in [2.45, 2.75) is 65.1 Å². The van der Waals surface area contributed by atoms with E-state index >= 15 is 0 Å². The Morgan fingerprint density at radius 3 is 2.71 bits per heavy atom. The van der Waals surface area contributed by atoms with Crippen molar-refractivity contribution in [2.24, 2.45) is 5.92 Å². The van der Waals surface area contributed by atoms with Crippen molar-refractivity contribution in [2.75, 3.05) is 19.7 Å². The van der Waals surface area contributed by atoms with E-state index in [9.17, 15) is 9.59 Å². The minimum Gasteiger partial charge on any atom is -0.376 e. The molecule has 35 heavy (non-hydrogen) atoms. The monoisotopic (exact) mass is 476 g/mol. The van der Waals surface area contributed by atoms with Crippen molar-refractivity contribution in [1.29, 1.82) is 0 Å². The molecule has 1 aromatic carbocycles. The Hall–Kier alpha value is -3.06. The molecule has 0 radical (unpaired) electrons. The third-order valence-electron chi connectivity index (χ3n) is 7.47. The Bertz CT molecular complexity index is 1240. The number of amides is 2. The lowest BCUT2D eigenvalue weighted by atomic mass is 9.93. The molecule has 2 aliphatic heterocycles. The van der Waals surface area contributed by atoms with Gasteiger partial charge in [-0.3, -0.25) is 9.59 Å². The van der Waals surface area contributed by atoms with Crippen LogP contribution in [0.2, 0.25) is 0 Å². The molecule has 1 N–H and O–H groups in total. The van der Waals surface area contributed by atoms with Crippen molar-refractivity contribution in [1.82, 2.24) is 19.4 Å². The van der Waals surface area contributed by atoms with Gasteiger partial charge in [-0.25, -0.2) is 0 Å². The minimum absolute atomic E-state index is 0.0464. The van der Waals surface area contributed by atoms with E-state index in [4.69, 9.17) is 4.74 Å². The van der Waals surface area contributed by atoms with Crippen molar-refractivity contribution in [3.05, 3.63) is 54.0 Å². The van der Waals surface area contributed by atoms with E-state index in [0.29, 0.717) is 37.9 Å². The van der Waals surface area contributed by atoms with Crippen LogP contribution in [0.1, 0.15) is 56.1 Å². The maximum atomic E-state index is 14.3. The number of aromatic nitrogens is 2. The molecular weight excluding hydrogens is 440 g/mol. The number of ether oxygens (including phenoxy) is 1. The maximum absolute atomic E-state index is 14.3. The van der Waals surface area contributed by atoms with Gasteiger partial charge in [-0.1, -0.05) is 25.5 Å². The second-order valence-corrected chi connectivity index (χ2v) is 10.7. The predicted octanol–water partition coefficient (Wildman–Crippen LogP) is 4.30. The number of carbonyl (C=O) groups is 2. The summed E-state index contributed by atoms with van der Waals surface area (Å²) in [7, 11) is 0. The summed E-state index contributed by atoms with van der Waals surface area (Å²) in [6.45, 7) is 10.4. The molecule has 2 aliphatic rings. The van der Waals surface area contributed by atoms with Gasteiger partial charge in [0.15, 0.2) is 0 Å². The number of carbonyl (C=O) groups excluding carboxylic acids is 2. The molecule has 0 bridgehead atoms. The number of nitrogens with one attached hydrogen (secondary N) is 1. The molecule has 1 fully saturated rings. The van der Waals surface area contributed by atoms with Crippen LogP contribution in [0.15, 0.2) is 42.7 Å². The first-order valence-electron chi connectivity index (χ1n) is 12.8. The summed E-state index contributed by atoms with van der Waals surface area (Å²) in [5.74, 6) is 0.267. The number of aryl methyl sites for hydroxylation is 1. The maximum Gasteiger partial charge on any atom is 0.273 e. The molecule has 1 saturated heterocycles. The molecule has 7 nitrogen and oxygen atoms in total. The van der Waals surface area contributed by atoms with Crippen LogP contribution in [0, 0.1) is 12.8 Å². The standard InChI is InChI=1S/C28H36N4O3/c1-19(2)11-12-29-27(34)28(4)18-31-23-10-9-20(3)16-22(23)24(30-13-5-6-14-30)25(31)26(33)32(28)17-21-8-7-15-35-21/h5-6,9-10,13-14,16,19,21H,7-8,11-12,15,17-18H2,1-4H3,(H,29,34). The Labute approximate surface area is 207 Å². The molecule has 2 amide bonds. The first kappa shape index (κ1) is 23.7. The predicted molar refractivity (Wildman–Crippen MR) is 137 cm³/mol. The lowest BCUT2D eigenvalue weighted by Gasteiger charge is -2.45. The zero-order valence-electron chi connectivity index (χ0n) is 21.2. The lowest BCUT2D eigenvalue weighted by Crippen LogP contribution is -2.65. The highest BCUT2D eigenvalue weighted by Crippen LogP contribution is 2.38. The number of nitrogens with zero attached hydrogens (tertiary/aromatic N) is 3. The summed E-state index contributed by atoms with van der Waals surface area (Å²) < 4.78 is 9.99. The molecule has 3 aromatic rings. The van der Waals surface area contributed by atoms with E-state index in [1.54, 1.807) is 4.90 Å². The Morgan fingerprint density at radius 1 is 1.26 bits per heavy atom. The topological polar surface area (TPSA) is 68.5 Å². The summed E-state index contributed by atoms with van der Waals surface area (Å²) in [5, 5.41) is 4.15. The molecule has 0 saturated carbocycles. The largest absolute Gasteiger partial charge is 0.376 e. The fourth-order valence-electron chi connectivity index (χ4n) is 5.46. The molecule has 186 valence electrons. The molecule has 5 rings (SSSR count). The summed E-state index contributed by atoms with van der Waals surface area (Å²) in [5.41, 5.74) is 2.59. The van der Waals surface area contributed by atoms with Crippen molar-refractivity contribution in [3.63, 3.8) is 0 Å². The summed E-state index contributed by atoms with van der Waals surface area (Å²) in [4.78, 5) is 29.8. The van der Waals surface area contributed by atoms with Gasteiger partial charge >= 0.3 is 0 Å². The smallest absolute Gasteiger partial charge is 0.273 e. The SMILES string of the molecule is Cc1ccc2c(c1)c(-n1cccc1)c1n2CC(C)(C(=O)NCCC(C)C)N(CC2CCCO2)C1=O. The first-order chi connectivity index (χ1) is 16.8. The normalized spacial score (nSPS) is 22.3. The molecule has 4 heterocycles. The van der Waals surface area contributed by atoms with Crippen LogP contribution in [-0.2, 0) is 16.1 Å². The van der Waals surface area contributed by atoms with Crippen LogP contribution in [0.4, 0.5) is 0 Å². The van der Waals surface area contributed by atoms with Gasteiger partial charge in [0.2, 0.25) is 5.91 Å². The molecule has 0 aliphatic carbocycles. The average molecular weight is 477 g/mol. The third-order valence-corrected chi connectivity index (χ3v) is 7.47. The van der Waals surface area contributed by atoms with Gasteiger partial charge in [0.25, 0.3) is 5.91 Å². The summed E-state index contributed by atoms with van der Waals surface area (Å²) in [6, 6.07) is 10.2. The van der Waals surface area contributed by atoms with E-state index in [-0.39, 0.29) is 17.9 Å². The summed E-state index contributed by atoms with van der Waals surface area (Å²) >= 11 is 0. The van der Waals surface area contributed by atoms with Gasteiger partial charge in [0.05, 0.1) is 23.9 Å². The van der Waals surface area contributed by atoms with Gasteiger partial charge in [0.1, 0.15) is 11.2 Å².